The number of rotatable bonds is 4. The van der Waals surface area contributed by atoms with Gasteiger partial charge in [0.25, 0.3) is 0 Å². The Hall–Kier alpha value is -6.62. The Morgan fingerprint density at radius 2 is 1.04 bits per heavy atom. The first kappa shape index (κ1) is 29.1. The first-order valence-electron chi connectivity index (χ1n) is 17.6. The van der Waals surface area contributed by atoms with Crippen molar-refractivity contribution in [3.63, 3.8) is 0 Å². The van der Waals surface area contributed by atoms with Crippen LogP contribution in [-0.4, -0.2) is 14.5 Å². The van der Waals surface area contributed by atoms with Crippen LogP contribution >= 0.6 is 11.3 Å². The van der Waals surface area contributed by atoms with E-state index in [2.05, 4.69) is 174 Å². The van der Waals surface area contributed by atoms with Crippen LogP contribution in [0.3, 0.4) is 0 Å². The lowest BCUT2D eigenvalue weighted by Crippen LogP contribution is -2.04. The molecule has 11 rings (SSSR count). The molecule has 0 spiro atoms. The van der Waals surface area contributed by atoms with Gasteiger partial charge in [-0.1, -0.05) is 152 Å². The van der Waals surface area contributed by atoms with Gasteiger partial charge in [-0.3, -0.25) is 4.57 Å². The molecule has 242 valence electrons. The summed E-state index contributed by atoms with van der Waals surface area (Å²) in [6.45, 7) is 0. The first-order valence-corrected chi connectivity index (χ1v) is 18.4. The quantitative estimate of drug-likeness (QED) is 0.185. The van der Waals surface area contributed by atoms with Gasteiger partial charge in [0.15, 0.2) is 0 Å². The van der Waals surface area contributed by atoms with E-state index >= 15 is 0 Å². The Bertz CT molecular complexity index is 3190. The maximum absolute atomic E-state index is 5.42. The molecule has 3 heterocycles. The van der Waals surface area contributed by atoms with E-state index in [-0.39, 0.29) is 0 Å². The number of aromatic nitrogens is 3. The molecule has 8 aromatic carbocycles. The number of thiophene rings is 1. The lowest BCUT2D eigenvalue weighted by Gasteiger charge is -2.14. The lowest BCUT2D eigenvalue weighted by molar-refractivity contribution is 1.02. The summed E-state index contributed by atoms with van der Waals surface area (Å²) in [5, 5.41) is 8.38. The van der Waals surface area contributed by atoms with Crippen molar-refractivity contribution in [2.45, 2.75) is 0 Å². The summed E-state index contributed by atoms with van der Waals surface area (Å²) in [5.41, 5.74) is 9.81. The van der Waals surface area contributed by atoms with E-state index in [9.17, 15) is 0 Å². The van der Waals surface area contributed by atoms with Crippen LogP contribution in [0.2, 0.25) is 0 Å². The molecule has 0 saturated heterocycles. The zero-order valence-corrected chi connectivity index (χ0v) is 28.8. The van der Waals surface area contributed by atoms with Crippen molar-refractivity contribution in [1.29, 1.82) is 0 Å². The Morgan fingerprint density at radius 3 is 1.96 bits per heavy atom. The molecule has 0 fully saturated rings. The van der Waals surface area contributed by atoms with Gasteiger partial charge < -0.3 is 0 Å². The summed E-state index contributed by atoms with van der Waals surface area (Å²) >= 11 is 1.86. The van der Waals surface area contributed by atoms with E-state index in [0.717, 1.165) is 44.3 Å². The molecule has 3 nitrogen and oxygen atoms in total. The number of nitrogens with zero attached hydrogens (tertiary/aromatic N) is 3. The summed E-state index contributed by atoms with van der Waals surface area (Å²) in [4.78, 5) is 10.7. The van der Waals surface area contributed by atoms with Gasteiger partial charge in [-0.2, -0.15) is 0 Å². The largest absolute Gasteiger partial charge is 0.277 e. The minimum atomic E-state index is 0.660. The number of hydrogen-bond donors (Lipinski definition) is 0. The fourth-order valence-corrected chi connectivity index (χ4v) is 9.16. The van der Waals surface area contributed by atoms with Gasteiger partial charge in [-0.05, 0) is 46.3 Å². The van der Waals surface area contributed by atoms with Crippen LogP contribution in [-0.2, 0) is 0 Å². The van der Waals surface area contributed by atoms with Crippen LogP contribution in [0.15, 0.2) is 176 Å². The second-order valence-electron chi connectivity index (χ2n) is 13.4. The molecule has 0 N–H and O–H groups in total. The van der Waals surface area contributed by atoms with Crippen molar-refractivity contribution in [3.8, 4) is 39.5 Å². The minimum Gasteiger partial charge on any atom is -0.277 e. The summed E-state index contributed by atoms with van der Waals surface area (Å²) < 4.78 is 4.94. The van der Waals surface area contributed by atoms with Gasteiger partial charge in [0, 0.05) is 52.8 Å². The van der Waals surface area contributed by atoms with E-state index in [1.54, 1.807) is 0 Å². The molecular weight excluding hydrogens is 651 g/mol. The highest BCUT2D eigenvalue weighted by atomic mass is 32.1. The standard InChI is InChI=1S/C48H29N3S/c1-2-13-31(14-3-1)45-41-19-6-8-22-42(41)49-48(50-45)51-46-35-17-5-4-12-30(35)24-27-40(46)39-21-11-20-36(47(39)51)34-16-10-15-32(28-34)33-25-26-38-37-18-7-9-23-43(37)52-44(38)29-33/h1-29H. The summed E-state index contributed by atoms with van der Waals surface area (Å²) in [7, 11) is 0. The predicted octanol–water partition coefficient (Wildman–Crippen LogP) is 13.2. The van der Waals surface area contributed by atoms with E-state index < -0.39 is 0 Å². The van der Waals surface area contributed by atoms with Crippen LogP contribution in [0.5, 0.6) is 0 Å². The fourth-order valence-electron chi connectivity index (χ4n) is 8.01. The molecule has 11 aromatic rings. The van der Waals surface area contributed by atoms with E-state index in [0.29, 0.717) is 5.95 Å². The third-order valence-electron chi connectivity index (χ3n) is 10.4. The zero-order valence-electron chi connectivity index (χ0n) is 28.0. The predicted molar refractivity (Wildman–Crippen MR) is 221 cm³/mol. The molecule has 3 aromatic heterocycles. The van der Waals surface area contributed by atoms with Gasteiger partial charge in [0.05, 0.1) is 22.2 Å². The molecule has 0 aliphatic carbocycles. The topological polar surface area (TPSA) is 30.7 Å². The highest BCUT2D eigenvalue weighted by Crippen LogP contribution is 2.42. The number of para-hydroxylation sites is 2. The lowest BCUT2D eigenvalue weighted by atomic mass is 9.97. The normalized spacial score (nSPS) is 11.8. The molecule has 0 radical (unpaired) electrons. The third-order valence-corrected chi connectivity index (χ3v) is 11.5. The van der Waals surface area contributed by atoms with Crippen LogP contribution in [0.1, 0.15) is 0 Å². The van der Waals surface area contributed by atoms with Crippen molar-refractivity contribution in [2.75, 3.05) is 0 Å². The van der Waals surface area contributed by atoms with E-state index in [4.69, 9.17) is 9.97 Å². The van der Waals surface area contributed by atoms with Crippen molar-refractivity contribution in [1.82, 2.24) is 14.5 Å². The van der Waals surface area contributed by atoms with Crippen LogP contribution < -0.4 is 0 Å². The molecule has 0 saturated carbocycles. The first-order chi connectivity index (χ1) is 25.8. The molecule has 0 unspecified atom stereocenters. The average molecular weight is 680 g/mol. The van der Waals surface area contributed by atoms with Crippen molar-refractivity contribution < 1.29 is 0 Å². The Balaban J connectivity index is 1.20. The molecule has 0 aliphatic heterocycles. The van der Waals surface area contributed by atoms with Crippen LogP contribution in [0.4, 0.5) is 0 Å². The summed E-state index contributed by atoms with van der Waals surface area (Å²) in [6, 6.07) is 63.1. The molecule has 4 heteroatoms. The van der Waals surface area contributed by atoms with Gasteiger partial charge in [0.2, 0.25) is 5.95 Å². The van der Waals surface area contributed by atoms with Gasteiger partial charge in [-0.25, -0.2) is 9.97 Å². The highest BCUT2D eigenvalue weighted by molar-refractivity contribution is 7.25. The van der Waals surface area contributed by atoms with Crippen LogP contribution in [0, 0.1) is 0 Å². The molecule has 0 aliphatic rings. The summed E-state index contributed by atoms with van der Waals surface area (Å²) in [5.74, 6) is 0.660. The fraction of sp³-hybridized carbons (Fsp3) is 0. The molecule has 0 bridgehead atoms. The number of benzene rings is 8. The molecule has 0 atom stereocenters. The second kappa shape index (κ2) is 11.5. The third kappa shape index (κ3) is 4.45. The van der Waals surface area contributed by atoms with Gasteiger partial charge in [-0.15, -0.1) is 11.3 Å². The Labute approximate surface area is 303 Å². The molecular formula is C48H29N3S. The summed E-state index contributed by atoms with van der Waals surface area (Å²) in [6.07, 6.45) is 0. The smallest absolute Gasteiger partial charge is 0.235 e. The van der Waals surface area contributed by atoms with Crippen molar-refractivity contribution >= 4 is 75.0 Å². The molecule has 0 amide bonds. The monoisotopic (exact) mass is 679 g/mol. The maximum Gasteiger partial charge on any atom is 0.235 e. The maximum atomic E-state index is 5.42. The average Bonchev–Trinajstić information content (AvgIpc) is 3.76. The van der Waals surface area contributed by atoms with E-state index in [1.807, 2.05) is 17.4 Å². The van der Waals surface area contributed by atoms with Crippen molar-refractivity contribution in [2.24, 2.45) is 0 Å². The Morgan fingerprint density at radius 1 is 0.385 bits per heavy atom. The van der Waals surface area contributed by atoms with Crippen LogP contribution in [0.25, 0.3) is 103 Å². The van der Waals surface area contributed by atoms with E-state index in [1.165, 1.54) is 52.8 Å². The highest BCUT2D eigenvalue weighted by Gasteiger charge is 2.22. The SMILES string of the molecule is c1ccc(-c2nc(-n3c4c(-c5cccc(-c6ccc7c(c6)sc6ccccc67)c5)cccc4c4ccc5ccccc5c43)nc3ccccc23)cc1. The minimum absolute atomic E-state index is 0.660. The number of hydrogen-bond acceptors (Lipinski definition) is 3. The molecule has 52 heavy (non-hydrogen) atoms. The zero-order chi connectivity index (χ0) is 34.2. The van der Waals surface area contributed by atoms with Gasteiger partial charge >= 0.3 is 0 Å². The van der Waals surface area contributed by atoms with Gasteiger partial charge in [0.1, 0.15) is 0 Å². The number of fused-ring (bicyclic) bond motifs is 9. The second-order valence-corrected chi connectivity index (χ2v) is 14.4. The Kier molecular flexibility index (Phi) is 6.42. The van der Waals surface area contributed by atoms with Crippen molar-refractivity contribution in [3.05, 3.63) is 176 Å².